The van der Waals surface area contributed by atoms with Crippen LogP contribution in [0.25, 0.3) is 33.7 Å². The lowest BCUT2D eigenvalue weighted by atomic mass is 9.78. The van der Waals surface area contributed by atoms with E-state index in [0.29, 0.717) is 24.0 Å². The van der Waals surface area contributed by atoms with Gasteiger partial charge in [-0.1, -0.05) is 82.0 Å². The van der Waals surface area contributed by atoms with Gasteiger partial charge in [0.2, 0.25) is 23.1 Å². The molecule has 4 aromatic rings. The maximum atomic E-state index is 10.1. The fourth-order valence-corrected chi connectivity index (χ4v) is 9.10. The zero-order valence-electron chi connectivity index (χ0n) is 29.5. The number of fused-ring (bicyclic) bond motifs is 7. The normalized spacial score (nSPS) is 17.3. The maximum absolute atomic E-state index is 10.1. The van der Waals surface area contributed by atoms with Gasteiger partial charge in [0.25, 0.3) is 0 Å². The summed E-state index contributed by atoms with van der Waals surface area (Å²) in [5, 5.41) is 14.6. The zero-order chi connectivity index (χ0) is 34.3. The Morgan fingerprint density at radius 2 is 1.73 bits per heavy atom. The van der Waals surface area contributed by atoms with Gasteiger partial charge in [-0.05, 0) is 73.7 Å². The van der Waals surface area contributed by atoms with Crippen LogP contribution in [-0.4, -0.2) is 21.9 Å². The number of aromatic nitrogens is 2. The summed E-state index contributed by atoms with van der Waals surface area (Å²) in [6.07, 6.45) is 6.47. The van der Waals surface area contributed by atoms with Gasteiger partial charge in [-0.3, -0.25) is 5.32 Å². The molecule has 2 aliphatic rings. The molecule has 2 aliphatic heterocycles. The van der Waals surface area contributed by atoms with Crippen molar-refractivity contribution in [3.8, 4) is 28.5 Å². The Morgan fingerprint density at radius 1 is 1.02 bits per heavy atom. The van der Waals surface area contributed by atoms with Crippen LogP contribution in [0.1, 0.15) is 73.9 Å². The number of nitrogens with zero attached hydrogens (tertiary/aromatic N) is 3. The number of pyridine rings is 2. The van der Waals surface area contributed by atoms with E-state index in [0.717, 1.165) is 46.6 Å². The lowest BCUT2D eigenvalue weighted by Gasteiger charge is -2.31. The number of hydrogen-bond acceptors (Lipinski definition) is 3. The molecule has 2 unspecified atom stereocenters. The van der Waals surface area contributed by atoms with E-state index in [-0.39, 0.29) is 12.0 Å². The number of benzene rings is 2. The Hall–Kier alpha value is -4.57. The summed E-state index contributed by atoms with van der Waals surface area (Å²) >= 11 is 0. The molecule has 2 atom stereocenters. The first-order chi connectivity index (χ1) is 23.0. The Morgan fingerprint density at radius 3 is 2.42 bits per heavy atom. The monoisotopic (exact) mass is 652 g/mol. The van der Waals surface area contributed by atoms with Crippen LogP contribution in [0.4, 0.5) is 0 Å². The van der Waals surface area contributed by atoms with Crippen molar-refractivity contribution < 1.29 is 13.9 Å². The summed E-state index contributed by atoms with van der Waals surface area (Å²) in [4.78, 5) is 0. The largest absolute Gasteiger partial charge is 0.478 e. The number of hydrogen-bond donors (Lipinski definition) is 1. The average molecular weight is 653 g/mol. The van der Waals surface area contributed by atoms with Crippen molar-refractivity contribution in [1.82, 2.24) is 5.32 Å². The summed E-state index contributed by atoms with van der Waals surface area (Å²) in [5.41, 5.74) is 12.3. The van der Waals surface area contributed by atoms with E-state index in [4.69, 9.17) is 11.3 Å². The second kappa shape index (κ2) is 13.1. The molecule has 1 N–H and O–H groups in total. The molecule has 48 heavy (non-hydrogen) atoms. The second-order valence-electron chi connectivity index (χ2n) is 14.6. The quantitative estimate of drug-likeness (QED) is 0.0948. The predicted molar refractivity (Wildman–Crippen MR) is 199 cm³/mol. The average Bonchev–Trinajstić information content (AvgIpc) is 3.12. The minimum Gasteiger partial charge on any atom is -0.478 e. The molecule has 4 heterocycles. The maximum Gasteiger partial charge on any atom is 0.249 e. The highest BCUT2D eigenvalue weighted by Crippen LogP contribution is 2.46. The summed E-state index contributed by atoms with van der Waals surface area (Å²) in [7, 11) is -0.0249. The predicted octanol–water partition coefficient (Wildman–Crippen LogP) is 8.22. The molecule has 0 aliphatic carbocycles. The van der Waals surface area contributed by atoms with Crippen molar-refractivity contribution in [3.63, 3.8) is 0 Å². The number of allylic oxidation sites excluding steroid dienone is 3. The van der Waals surface area contributed by atoms with E-state index >= 15 is 0 Å². The molecule has 0 bridgehead atoms. The van der Waals surface area contributed by atoms with Gasteiger partial charge in [0.05, 0.1) is 31.2 Å². The van der Waals surface area contributed by atoms with Crippen LogP contribution < -0.4 is 19.6 Å². The minimum atomic E-state index is -1.91. The van der Waals surface area contributed by atoms with E-state index in [1.54, 1.807) is 0 Å². The molecule has 2 aromatic carbocycles. The molecule has 2 aromatic heterocycles. The Kier molecular flexibility index (Phi) is 9.13. The number of rotatable bonds is 7. The third-order valence-electron chi connectivity index (χ3n) is 10.1. The molecule has 0 saturated carbocycles. The SMILES string of the molecule is C=C(OCNC)C1=C(C)CCC2c3ccccc3-c3cc(-c4ccccc4C#N)c([Si](C)(C)C)c[n+]3C2C(=C)[n+]2ccc(C(C)C)cc21. The van der Waals surface area contributed by atoms with Crippen molar-refractivity contribution >= 4 is 24.5 Å². The highest BCUT2D eigenvalue weighted by Gasteiger charge is 2.48. The third-order valence-corrected chi connectivity index (χ3v) is 12.1. The van der Waals surface area contributed by atoms with Gasteiger partial charge in [-0.2, -0.15) is 14.4 Å². The van der Waals surface area contributed by atoms with Gasteiger partial charge < -0.3 is 4.74 Å². The fraction of sp³-hybridized carbons (Fsp3) is 0.310. The summed E-state index contributed by atoms with van der Waals surface area (Å²) in [6, 6.07) is 26.2. The first-order valence-corrected chi connectivity index (χ1v) is 20.6. The second-order valence-corrected chi connectivity index (χ2v) is 19.6. The highest BCUT2D eigenvalue weighted by atomic mass is 28.3. The van der Waals surface area contributed by atoms with Crippen molar-refractivity contribution in [1.29, 1.82) is 5.26 Å². The molecular weight excluding hydrogens is 605 g/mol. The van der Waals surface area contributed by atoms with Crippen molar-refractivity contribution in [3.05, 3.63) is 126 Å². The topological polar surface area (TPSA) is 52.8 Å². The van der Waals surface area contributed by atoms with E-state index in [1.807, 2.05) is 25.2 Å². The fourth-order valence-electron chi connectivity index (χ4n) is 7.56. The molecule has 0 amide bonds. The molecule has 0 fully saturated rings. The Bertz CT molecular complexity index is 2010. The van der Waals surface area contributed by atoms with Gasteiger partial charge in [-0.15, -0.1) is 0 Å². The van der Waals surface area contributed by atoms with Gasteiger partial charge in [0, 0.05) is 28.9 Å². The van der Waals surface area contributed by atoms with E-state index in [1.165, 1.54) is 27.5 Å². The molecule has 244 valence electrons. The van der Waals surface area contributed by atoms with Gasteiger partial charge in [0.15, 0.2) is 12.4 Å². The van der Waals surface area contributed by atoms with E-state index in [9.17, 15) is 5.26 Å². The minimum absolute atomic E-state index is 0.0300. The first-order valence-electron chi connectivity index (χ1n) is 17.1. The summed E-state index contributed by atoms with van der Waals surface area (Å²) in [6.45, 7) is 23.6. The van der Waals surface area contributed by atoms with Gasteiger partial charge in [-0.25, -0.2) is 0 Å². The third kappa shape index (κ3) is 5.87. The molecule has 6 rings (SSSR count). The Labute approximate surface area is 287 Å². The number of nitriles is 1. The van der Waals surface area contributed by atoms with Crippen LogP contribution in [0.2, 0.25) is 19.6 Å². The lowest BCUT2D eigenvalue weighted by molar-refractivity contribution is -0.728. The summed E-state index contributed by atoms with van der Waals surface area (Å²) in [5.74, 6) is 1.23. The van der Waals surface area contributed by atoms with Gasteiger partial charge in [0.1, 0.15) is 12.5 Å². The molecular formula is C42H48N4OSi+2. The van der Waals surface area contributed by atoms with Crippen LogP contribution in [-0.2, 0) is 4.74 Å². The summed E-state index contributed by atoms with van der Waals surface area (Å²) < 4.78 is 11.0. The van der Waals surface area contributed by atoms with Crippen LogP contribution >= 0.6 is 0 Å². The standard InChI is InChI=1S/C42H48N4OSi/c1-27(2)31-20-21-45-29(4)42-36(19-18-28(3)41(39(45)22-31)30(5)47-26-44-6)34-16-12-13-17-35(34)38-23-37(33-15-11-10-14-32(33)24-43)40(25-46(38)42)48(7,8)9/h10-17,20-23,25,27,36,42,44H,4-5,18-19,26H2,1-3,6-9H3/q+2. The first kappa shape index (κ1) is 33.3. The van der Waals surface area contributed by atoms with Crippen LogP contribution in [0.3, 0.4) is 0 Å². The molecule has 0 saturated heterocycles. The van der Waals surface area contributed by atoms with Crippen molar-refractivity contribution in [2.45, 2.75) is 71.1 Å². The molecule has 0 spiro atoms. The van der Waals surface area contributed by atoms with Crippen LogP contribution in [0.15, 0.2) is 104 Å². The highest BCUT2D eigenvalue weighted by molar-refractivity contribution is 6.89. The van der Waals surface area contributed by atoms with Crippen molar-refractivity contribution in [2.24, 2.45) is 0 Å². The zero-order valence-corrected chi connectivity index (χ0v) is 30.5. The lowest BCUT2D eigenvalue weighted by Crippen LogP contribution is -2.56. The van der Waals surface area contributed by atoms with Crippen LogP contribution in [0.5, 0.6) is 0 Å². The number of ether oxygens (including phenoxy) is 1. The number of nitrogens with one attached hydrogen (secondary N) is 1. The molecule has 5 nitrogen and oxygen atoms in total. The van der Waals surface area contributed by atoms with Gasteiger partial charge >= 0.3 is 0 Å². The molecule has 0 radical (unpaired) electrons. The Balaban J connectivity index is 1.66. The van der Waals surface area contributed by atoms with E-state index < -0.39 is 8.07 Å². The van der Waals surface area contributed by atoms with E-state index in [2.05, 4.69) is 128 Å². The molecule has 6 heteroatoms. The van der Waals surface area contributed by atoms with Crippen molar-refractivity contribution in [2.75, 3.05) is 13.8 Å². The smallest absolute Gasteiger partial charge is 0.249 e. The van der Waals surface area contributed by atoms with Crippen LogP contribution in [0, 0.1) is 11.3 Å².